The van der Waals surface area contributed by atoms with Crippen LogP contribution in [0.3, 0.4) is 0 Å². The number of unbranched alkanes of at least 4 members (excludes halogenated alkanes) is 9. The molecule has 0 aliphatic carbocycles. The molecular formula is C22H40N3O2S+. The van der Waals surface area contributed by atoms with Crippen LogP contribution in [0.1, 0.15) is 78.1 Å². The second kappa shape index (κ2) is 13.6. The highest BCUT2D eigenvalue weighted by molar-refractivity contribution is 7.92. The van der Waals surface area contributed by atoms with E-state index in [0.29, 0.717) is 5.69 Å². The highest BCUT2D eigenvalue weighted by Gasteiger charge is 2.10. The van der Waals surface area contributed by atoms with E-state index in [-0.39, 0.29) is 5.75 Å². The van der Waals surface area contributed by atoms with Gasteiger partial charge in [0.2, 0.25) is 15.9 Å². The van der Waals surface area contributed by atoms with E-state index in [1.807, 2.05) is 37.7 Å². The summed E-state index contributed by atoms with van der Waals surface area (Å²) in [7, 11) is 0.666. The second-order valence-corrected chi connectivity index (χ2v) is 9.63. The van der Waals surface area contributed by atoms with Crippen molar-refractivity contribution in [3.05, 3.63) is 24.3 Å². The van der Waals surface area contributed by atoms with Crippen LogP contribution in [0.15, 0.2) is 24.3 Å². The molecule has 28 heavy (non-hydrogen) atoms. The Morgan fingerprint density at radius 2 is 1.29 bits per heavy atom. The Hall–Kier alpha value is -1.56. The number of hydrogen-bond donors (Lipinski definition) is 2. The molecule has 0 heterocycles. The highest BCUT2D eigenvalue weighted by atomic mass is 32.2. The lowest BCUT2D eigenvalue weighted by molar-refractivity contribution is -0.464. The van der Waals surface area contributed by atoms with Crippen LogP contribution in [-0.4, -0.2) is 38.7 Å². The first-order valence-corrected chi connectivity index (χ1v) is 12.4. The van der Waals surface area contributed by atoms with Gasteiger partial charge in [-0.1, -0.05) is 64.7 Å². The predicted octanol–water partition coefficient (Wildman–Crippen LogP) is 5.45. The lowest BCUT2D eigenvalue weighted by atomic mass is 10.1. The monoisotopic (exact) mass is 410 g/mol. The molecule has 0 amide bonds. The molecule has 2 N–H and O–H groups in total. The highest BCUT2D eigenvalue weighted by Crippen LogP contribution is 2.16. The summed E-state index contributed by atoms with van der Waals surface area (Å²) in [4.78, 5) is 0. The molecule has 6 heteroatoms. The van der Waals surface area contributed by atoms with Crippen LogP contribution in [-0.2, 0) is 10.0 Å². The van der Waals surface area contributed by atoms with Crippen molar-refractivity contribution in [2.24, 2.45) is 0 Å². The largest absolute Gasteiger partial charge is 0.284 e. The summed E-state index contributed by atoms with van der Waals surface area (Å²) in [5, 5.41) is 3.27. The Bertz CT molecular complexity index is 678. The first-order valence-electron chi connectivity index (χ1n) is 10.7. The van der Waals surface area contributed by atoms with Crippen molar-refractivity contribution in [3.8, 4) is 0 Å². The van der Waals surface area contributed by atoms with Crippen molar-refractivity contribution >= 4 is 27.2 Å². The van der Waals surface area contributed by atoms with Gasteiger partial charge in [-0.25, -0.2) is 13.7 Å². The van der Waals surface area contributed by atoms with Crippen LogP contribution in [0.5, 0.6) is 0 Å². The van der Waals surface area contributed by atoms with Gasteiger partial charge in [0.25, 0.3) is 0 Å². The van der Waals surface area contributed by atoms with E-state index in [2.05, 4.69) is 17.0 Å². The molecule has 0 saturated heterocycles. The molecule has 1 rings (SSSR count). The van der Waals surface area contributed by atoms with Crippen molar-refractivity contribution < 1.29 is 13.0 Å². The number of nitrogens with one attached hydrogen (secondary N) is 2. The van der Waals surface area contributed by atoms with Gasteiger partial charge in [0, 0.05) is 12.6 Å². The van der Waals surface area contributed by atoms with Gasteiger partial charge in [0.1, 0.15) is 5.69 Å². The summed E-state index contributed by atoms with van der Waals surface area (Å²) < 4.78 is 29.2. The summed E-state index contributed by atoms with van der Waals surface area (Å²) in [6.07, 6.45) is 12.0. The van der Waals surface area contributed by atoms with Crippen molar-refractivity contribution in [1.29, 1.82) is 0 Å². The number of hydrogen-bond acceptors (Lipinski definition) is 2. The summed E-state index contributed by atoms with van der Waals surface area (Å²) >= 11 is 0. The second-order valence-electron chi connectivity index (χ2n) is 7.79. The lowest BCUT2D eigenvalue weighted by Crippen LogP contribution is -2.19. The number of rotatable bonds is 14. The summed E-state index contributed by atoms with van der Waals surface area (Å²) in [5.41, 5.74) is 1.55. The Morgan fingerprint density at radius 3 is 1.79 bits per heavy atom. The molecular weight excluding hydrogens is 370 g/mol. The van der Waals surface area contributed by atoms with Crippen LogP contribution in [0, 0.1) is 0 Å². The van der Waals surface area contributed by atoms with E-state index in [1.165, 1.54) is 44.9 Å². The third kappa shape index (κ3) is 11.3. The third-order valence-corrected chi connectivity index (χ3v) is 6.29. The zero-order valence-corrected chi connectivity index (χ0v) is 19.1. The fraction of sp³-hybridized carbons (Fsp3) is 0.682. The molecule has 160 valence electrons. The minimum absolute atomic E-state index is 0.191. The number of amidine groups is 1. The average molecular weight is 411 g/mol. The molecule has 0 fully saturated rings. The van der Waals surface area contributed by atoms with Gasteiger partial charge < -0.3 is 0 Å². The van der Waals surface area contributed by atoms with Gasteiger partial charge >= 0.3 is 0 Å². The van der Waals surface area contributed by atoms with Crippen LogP contribution in [0.4, 0.5) is 11.4 Å². The van der Waals surface area contributed by atoms with Crippen molar-refractivity contribution in [2.75, 3.05) is 29.9 Å². The Balaban J connectivity index is 2.24. The van der Waals surface area contributed by atoms with Gasteiger partial charge in [-0.15, -0.1) is 0 Å². The van der Waals surface area contributed by atoms with Gasteiger partial charge in [-0.3, -0.25) is 9.30 Å². The maximum atomic E-state index is 12.3. The average Bonchev–Trinajstić information content (AvgIpc) is 2.64. The number of nitrogens with zero attached hydrogens (tertiary/aromatic N) is 1. The Kier molecular flexibility index (Phi) is 11.9. The fourth-order valence-electron chi connectivity index (χ4n) is 2.95. The molecule has 0 bridgehead atoms. The minimum Gasteiger partial charge on any atom is -0.284 e. The van der Waals surface area contributed by atoms with E-state index in [9.17, 15) is 8.42 Å². The summed E-state index contributed by atoms with van der Waals surface area (Å²) in [6.45, 7) is 4.23. The van der Waals surface area contributed by atoms with E-state index in [1.54, 1.807) is 12.1 Å². The van der Waals surface area contributed by atoms with Gasteiger partial charge in [-0.2, -0.15) is 0 Å². The zero-order valence-electron chi connectivity index (χ0n) is 18.3. The van der Waals surface area contributed by atoms with Crippen LogP contribution in [0.25, 0.3) is 0 Å². The van der Waals surface area contributed by atoms with E-state index in [4.69, 9.17) is 0 Å². The van der Waals surface area contributed by atoms with Gasteiger partial charge in [-0.05, 0) is 30.7 Å². The van der Waals surface area contributed by atoms with E-state index >= 15 is 0 Å². The normalized spacial score (nSPS) is 11.3. The molecule has 0 aromatic heterocycles. The fourth-order valence-corrected chi connectivity index (χ4v) is 4.13. The molecule has 0 unspecified atom stereocenters. The SMILES string of the molecule is CCCCCCCCCCCCS(=O)(=O)Nc1ccc(NC(C)=[N+](C)C)cc1. The molecule has 1 aromatic carbocycles. The topological polar surface area (TPSA) is 61.2 Å². The quantitative estimate of drug-likeness (QED) is 0.185. The van der Waals surface area contributed by atoms with E-state index in [0.717, 1.165) is 30.8 Å². The third-order valence-electron chi connectivity index (χ3n) is 4.92. The van der Waals surface area contributed by atoms with Crippen LogP contribution < -0.4 is 10.0 Å². The summed E-state index contributed by atoms with van der Waals surface area (Å²) in [5.74, 6) is 1.21. The molecule has 0 spiro atoms. The molecule has 0 saturated carbocycles. The van der Waals surface area contributed by atoms with Crippen molar-refractivity contribution in [1.82, 2.24) is 0 Å². The predicted molar refractivity (Wildman–Crippen MR) is 122 cm³/mol. The molecule has 1 aromatic rings. The molecule has 0 radical (unpaired) electrons. The van der Waals surface area contributed by atoms with Gasteiger partial charge in [0.15, 0.2) is 0 Å². The standard InChI is InChI=1S/C22H39N3O2S/c1-5-6-7-8-9-10-11-12-13-14-19-28(26,27)24-22-17-15-21(16-18-22)23-20(2)25(3)4/h15-18,24H,5-14,19H2,1-4H3/p+1. The Morgan fingerprint density at radius 1 is 0.821 bits per heavy atom. The van der Waals surface area contributed by atoms with E-state index < -0.39 is 10.0 Å². The number of anilines is 2. The summed E-state index contributed by atoms with van der Waals surface area (Å²) in [6, 6.07) is 7.35. The molecule has 5 nitrogen and oxygen atoms in total. The van der Waals surface area contributed by atoms with Crippen LogP contribution in [0.2, 0.25) is 0 Å². The maximum Gasteiger partial charge on any atom is 0.246 e. The minimum atomic E-state index is -3.28. The smallest absolute Gasteiger partial charge is 0.246 e. The molecule has 0 aliphatic rings. The molecule has 0 aliphatic heterocycles. The Labute approximate surface area is 172 Å². The molecule has 0 atom stereocenters. The first kappa shape index (κ1) is 24.5. The van der Waals surface area contributed by atoms with Crippen molar-refractivity contribution in [2.45, 2.75) is 78.1 Å². The number of benzene rings is 1. The van der Waals surface area contributed by atoms with Crippen LogP contribution >= 0.6 is 0 Å². The first-order chi connectivity index (χ1) is 13.3. The lowest BCUT2D eigenvalue weighted by Gasteiger charge is -2.09. The zero-order chi connectivity index (χ0) is 20.8. The van der Waals surface area contributed by atoms with Crippen molar-refractivity contribution in [3.63, 3.8) is 0 Å². The number of sulfonamides is 1. The van der Waals surface area contributed by atoms with Gasteiger partial charge in [0.05, 0.1) is 19.8 Å². The maximum absolute atomic E-state index is 12.3.